The van der Waals surface area contributed by atoms with Crippen molar-refractivity contribution < 1.29 is 13.2 Å². The maximum atomic E-state index is 12.2. The quantitative estimate of drug-likeness (QED) is 0.751. The molecule has 0 aromatic heterocycles. The topological polar surface area (TPSA) is 15.3 Å². The van der Waals surface area contributed by atoms with E-state index in [1.807, 2.05) is 13.8 Å². The average molecular weight is 254 g/mol. The number of nitrogens with zero attached hydrogens (tertiary/aromatic N) is 1. The van der Waals surface area contributed by atoms with Crippen LogP contribution in [0, 0.1) is 11.8 Å². The van der Waals surface area contributed by atoms with E-state index in [4.69, 9.17) is 0 Å². The Kier molecular flexibility index (Phi) is 7.09. The molecule has 0 aliphatic rings. The number of rotatable bonds is 7. The first-order valence-corrected chi connectivity index (χ1v) is 6.11. The van der Waals surface area contributed by atoms with Gasteiger partial charge in [-0.05, 0) is 38.9 Å². The molecular weight excluding hydrogens is 229 g/mol. The Morgan fingerprint density at radius 3 is 2.00 bits per heavy atom. The molecule has 0 saturated heterocycles. The van der Waals surface area contributed by atoms with Crippen molar-refractivity contribution in [2.75, 3.05) is 26.7 Å². The molecule has 0 saturated carbocycles. The minimum Gasteiger partial charge on any atom is -0.316 e. The average Bonchev–Trinajstić information content (AvgIpc) is 2.13. The van der Waals surface area contributed by atoms with Crippen molar-refractivity contribution in [3.63, 3.8) is 0 Å². The van der Waals surface area contributed by atoms with Gasteiger partial charge in [0.2, 0.25) is 0 Å². The van der Waals surface area contributed by atoms with Gasteiger partial charge in [0, 0.05) is 6.04 Å². The fourth-order valence-corrected chi connectivity index (χ4v) is 1.63. The van der Waals surface area contributed by atoms with Crippen LogP contribution >= 0.6 is 0 Å². The molecule has 17 heavy (non-hydrogen) atoms. The zero-order valence-electron chi connectivity index (χ0n) is 11.4. The Hall–Kier alpha value is -0.290. The van der Waals surface area contributed by atoms with Gasteiger partial charge >= 0.3 is 6.18 Å². The van der Waals surface area contributed by atoms with E-state index in [9.17, 15) is 13.2 Å². The van der Waals surface area contributed by atoms with E-state index in [1.54, 1.807) is 0 Å². The first-order valence-electron chi connectivity index (χ1n) is 6.11. The smallest absolute Gasteiger partial charge is 0.316 e. The molecule has 0 bridgehead atoms. The second kappa shape index (κ2) is 7.21. The number of alkyl halides is 3. The van der Waals surface area contributed by atoms with Crippen LogP contribution in [-0.2, 0) is 0 Å². The van der Waals surface area contributed by atoms with Gasteiger partial charge in [-0.15, -0.1) is 0 Å². The summed E-state index contributed by atoms with van der Waals surface area (Å²) in [6.45, 7) is 8.84. The molecule has 2 atom stereocenters. The van der Waals surface area contributed by atoms with Gasteiger partial charge in [0.05, 0.1) is 6.54 Å². The highest BCUT2D eigenvalue weighted by Gasteiger charge is 2.31. The van der Waals surface area contributed by atoms with E-state index < -0.39 is 12.7 Å². The summed E-state index contributed by atoms with van der Waals surface area (Å²) in [5, 5.41) is 3.28. The van der Waals surface area contributed by atoms with Gasteiger partial charge in [0.15, 0.2) is 0 Å². The monoisotopic (exact) mass is 254 g/mol. The van der Waals surface area contributed by atoms with Gasteiger partial charge in [-0.2, -0.15) is 13.2 Å². The van der Waals surface area contributed by atoms with Crippen molar-refractivity contribution >= 4 is 0 Å². The highest BCUT2D eigenvalue weighted by atomic mass is 19.4. The van der Waals surface area contributed by atoms with Crippen LogP contribution in [0.3, 0.4) is 0 Å². The highest BCUT2D eigenvalue weighted by molar-refractivity contribution is 4.74. The second-order valence-corrected chi connectivity index (χ2v) is 5.30. The van der Waals surface area contributed by atoms with Crippen molar-refractivity contribution in [1.82, 2.24) is 10.2 Å². The fraction of sp³-hybridized carbons (Fsp3) is 1.00. The second-order valence-electron chi connectivity index (χ2n) is 5.30. The van der Waals surface area contributed by atoms with Crippen LogP contribution < -0.4 is 5.32 Å². The number of hydrogen-bond donors (Lipinski definition) is 1. The number of hydrogen-bond acceptors (Lipinski definition) is 2. The largest absolute Gasteiger partial charge is 0.401 e. The molecule has 2 unspecified atom stereocenters. The van der Waals surface area contributed by atoms with E-state index in [0.717, 1.165) is 13.1 Å². The third-order valence-corrected chi connectivity index (χ3v) is 2.97. The van der Waals surface area contributed by atoms with Crippen LogP contribution in [0.2, 0.25) is 0 Å². The summed E-state index contributed by atoms with van der Waals surface area (Å²) in [6, 6.07) is -0.0868. The normalized spacial score (nSPS) is 16.6. The van der Waals surface area contributed by atoms with Crippen molar-refractivity contribution in [1.29, 1.82) is 0 Å². The molecule has 0 amide bonds. The number of halogens is 3. The lowest BCUT2D eigenvalue weighted by atomic mass is 10.0. The summed E-state index contributed by atoms with van der Waals surface area (Å²) in [5.41, 5.74) is 0. The Morgan fingerprint density at radius 2 is 1.59 bits per heavy atom. The summed E-state index contributed by atoms with van der Waals surface area (Å²) < 4.78 is 36.7. The van der Waals surface area contributed by atoms with Crippen LogP contribution in [0.1, 0.15) is 27.7 Å². The molecule has 0 fully saturated rings. The van der Waals surface area contributed by atoms with Gasteiger partial charge in [0.25, 0.3) is 0 Å². The molecule has 1 N–H and O–H groups in total. The first-order chi connectivity index (χ1) is 7.63. The SMILES string of the molecule is CC(C)CNCC(C)C(C)N(C)CC(F)(F)F. The third kappa shape index (κ3) is 8.44. The van der Waals surface area contributed by atoms with Crippen LogP contribution in [-0.4, -0.2) is 43.8 Å². The maximum Gasteiger partial charge on any atom is 0.401 e. The van der Waals surface area contributed by atoms with Crippen LogP contribution in [0.15, 0.2) is 0 Å². The molecule has 0 heterocycles. The molecule has 0 spiro atoms. The summed E-state index contributed by atoms with van der Waals surface area (Å²) in [6.07, 6.45) is -4.12. The Balaban J connectivity index is 3.98. The van der Waals surface area contributed by atoms with E-state index >= 15 is 0 Å². The summed E-state index contributed by atoms with van der Waals surface area (Å²) >= 11 is 0. The first kappa shape index (κ1) is 16.7. The van der Waals surface area contributed by atoms with E-state index in [-0.39, 0.29) is 12.0 Å². The lowest BCUT2D eigenvalue weighted by Crippen LogP contribution is -2.43. The molecular formula is C12H25F3N2. The zero-order chi connectivity index (χ0) is 13.6. The fourth-order valence-electron chi connectivity index (χ4n) is 1.63. The Bertz CT molecular complexity index is 204. The van der Waals surface area contributed by atoms with Crippen LogP contribution in [0.4, 0.5) is 13.2 Å². The van der Waals surface area contributed by atoms with Crippen molar-refractivity contribution in [2.45, 2.75) is 39.9 Å². The molecule has 2 nitrogen and oxygen atoms in total. The van der Waals surface area contributed by atoms with Gasteiger partial charge in [-0.1, -0.05) is 20.8 Å². The Morgan fingerprint density at radius 1 is 1.06 bits per heavy atom. The summed E-state index contributed by atoms with van der Waals surface area (Å²) in [5.74, 6) is 0.756. The third-order valence-electron chi connectivity index (χ3n) is 2.97. The number of nitrogens with one attached hydrogen (secondary N) is 1. The van der Waals surface area contributed by atoms with Crippen molar-refractivity contribution in [3.05, 3.63) is 0 Å². The van der Waals surface area contributed by atoms with Crippen LogP contribution in [0.25, 0.3) is 0 Å². The zero-order valence-corrected chi connectivity index (χ0v) is 11.4. The van der Waals surface area contributed by atoms with Gasteiger partial charge in [-0.3, -0.25) is 4.90 Å². The Labute approximate surface area is 103 Å². The van der Waals surface area contributed by atoms with E-state index in [1.165, 1.54) is 11.9 Å². The molecule has 0 radical (unpaired) electrons. The molecule has 0 aliphatic carbocycles. The standard InChI is InChI=1S/C12H25F3N2/c1-9(2)6-16-7-10(3)11(4)17(5)8-12(13,14)15/h9-11,16H,6-8H2,1-5H3. The summed E-state index contributed by atoms with van der Waals surface area (Å²) in [7, 11) is 1.52. The molecule has 104 valence electrons. The lowest BCUT2D eigenvalue weighted by Gasteiger charge is -2.30. The molecule has 0 rings (SSSR count). The van der Waals surface area contributed by atoms with Crippen molar-refractivity contribution in [3.8, 4) is 0 Å². The van der Waals surface area contributed by atoms with E-state index in [0.29, 0.717) is 5.92 Å². The molecule has 0 aromatic carbocycles. The predicted molar refractivity (Wildman–Crippen MR) is 65.0 cm³/mol. The molecule has 5 heteroatoms. The van der Waals surface area contributed by atoms with Gasteiger partial charge in [0.1, 0.15) is 0 Å². The lowest BCUT2D eigenvalue weighted by molar-refractivity contribution is -0.148. The minimum absolute atomic E-state index is 0.0868. The van der Waals surface area contributed by atoms with Crippen molar-refractivity contribution in [2.24, 2.45) is 11.8 Å². The summed E-state index contributed by atoms with van der Waals surface area (Å²) in [4.78, 5) is 1.36. The molecule has 0 aliphatic heterocycles. The van der Waals surface area contributed by atoms with E-state index in [2.05, 4.69) is 19.2 Å². The minimum atomic E-state index is -4.12. The van der Waals surface area contributed by atoms with Gasteiger partial charge < -0.3 is 5.32 Å². The van der Waals surface area contributed by atoms with Gasteiger partial charge in [-0.25, -0.2) is 0 Å². The predicted octanol–water partition coefficient (Wildman–Crippen LogP) is 2.75. The molecule has 0 aromatic rings. The highest BCUT2D eigenvalue weighted by Crippen LogP contribution is 2.19. The maximum absolute atomic E-state index is 12.2. The van der Waals surface area contributed by atoms with Crippen LogP contribution in [0.5, 0.6) is 0 Å².